The van der Waals surface area contributed by atoms with Crippen molar-refractivity contribution in [2.45, 2.75) is 25.7 Å². The van der Waals surface area contributed by atoms with Crippen LogP contribution in [0.1, 0.15) is 18.4 Å². The Hall–Kier alpha value is -2.97. The number of amides is 1. The zero-order valence-electron chi connectivity index (χ0n) is 14.6. The summed E-state index contributed by atoms with van der Waals surface area (Å²) in [4.78, 5) is 22.8. The van der Waals surface area contributed by atoms with Gasteiger partial charge >= 0.3 is 0 Å². The first kappa shape index (κ1) is 18.8. The number of anilines is 1. The molecular weight excluding hydrogens is 352 g/mol. The second-order valence-electron chi connectivity index (χ2n) is 5.97. The van der Waals surface area contributed by atoms with Crippen molar-refractivity contribution in [3.8, 4) is 5.75 Å². The smallest absolute Gasteiger partial charge is 0.271 e. The van der Waals surface area contributed by atoms with E-state index in [4.69, 9.17) is 14.2 Å². The molecule has 2 aromatic rings. The predicted octanol–water partition coefficient (Wildman–Crippen LogP) is 3.27. The van der Waals surface area contributed by atoms with E-state index >= 15 is 0 Å². The van der Waals surface area contributed by atoms with Gasteiger partial charge in [0, 0.05) is 25.0 Å². The number of carbonyl (C=O) groups excluding carboxylic acids is 1. The largest absolute Gasteiger partial charge is 0.487 e. The lowest BCUT2D eigenvalue weighted by Crippen LogP contribution is -2.16. The Morgan fingerprint density at radius 2 is 1.93 bits per heavy atom. The molecule has 0 bridgehead atoms. The van der Waals surface area contributed by atoms with Crippen LogP contribution >= 0.6 is 0 Å². The third-order valence-electron chi connectivity index (χ3n) is 3.98. The molecule has 0 aromatic heterocycles. The van der Waals surface area contributed by atoms with Crippen LogP contribution in [0.2, 0.25) is 0 Å². The normalized spacial score (nSPS) is 14.1. The number of rotatable bonds is 8. The Kier molecular flexibility index (Phi) is 6.35. The number of carbonyl (C=O) groups is 1. The highest BCUT2D eigenvalue weighted by molar-refractivity contribution is 5.92. The molecule has 1 amide bonds. The first-order valence-electron chi connectivity index (χ1n) is 8.60. The maximum absolute atomic E-state index is 12.2. The molecule has 1 heterocycles. The number of hydrogen-bond acceptors (Lipinski definition) is 6. The molecule has 8 heteroatoms. The first-order valence-corrected chi connectivity index (χ1v) is 8.60. The standard InChI is InChI=1S/C19H20N2O6/c22-18(8-9-19-25-10-11-26-19)20-16-12-15(21(23)24)6-7-17(16)27-13-14-4-2-1-3-5-14/h1-7,12,19H,8-11,13H2,(H,20,22). The fourth-order valence-electron chi connectivity index (χ4n) is 2.63. The van der Waals surface area contributed by atoms with Gasteiger partial charge in [-0.3, -0.25) is 14.9 Å². The molecule has 1 saturated heterocycles. The van der Waals surface area contributed by atoms with E-state index in [1.165, 1.54) is 18.2 Å². The number of ether oxygens (including phenoxy) is 3. The fourth-order valence-corrected chi connectivity index (χ4v) is 2.63. The quantitative estimate of drug-likeness (QED) is 0.564. The van der Waals surface area contributed by atoms with Crippen LogP contribution in [0.4, 0.5) is 11.4 Å². The molecule has 1 aliphatic heterocycles. The summed E-state index contributed by atoms with van der Waals surface area (Å²) in [6.07, 6.45) is 0.210. The van der Waals surface area contributed by atoms with Crippen molar-refractivity contribution in [2.75, 3.05) is 18.5 Å². The van der Waals surface area contributed by atoms with E-state index in [0.717, 1.165) is 5.56 Å². The van der Waals surface area contributed by atoms with Crippen LogP contribution < -0.4 is 10.1 Å². The van der Waals surface area contributed by atoms with E-state index in [0.29, 0.717) is 25.4 Å². The Labute approximate surface area is 156 Å². The van der Waals surface area contributed by atoms with Crippen molar-refractivity contribution >= 4 is 17.3 Å². The molecule has 142 valence electrons. The topological polar surface area (TPSA) is 99.9 Å². The summed E-state index contributed by atoms with van der Waals surface area (Å²) in [5.74, 6) is 0.0744. The van der Waals surface area contributed by atoms with Gasteiger partial charge in [0.25, 0.3) is 5.69 Å². The highest BCUT2D eigenvalue weighted by Crippen LogP contribution is 2.30. The molecule has 1 N–H and O–H groups in total. The lowest BCUT2D eigenvalue weighted by atomic mass is 10.2. The van der Waals surface area contributed by atoms with Crippen LogP contribution in [-0.4, -0.2) is 30.3 Å². The van der Waals surface area contributed by atoms with Gasteiger partial charge < -0.3 is 19.5 Å². The lowest BCUT2D eigenvalue weighted by molar-refractivity contribution is -0.384. The molecule has 0 unspecified atom stereocenters. The number of non-ortho nitro benzene ring substituents is 1. The van der Waals surface area contributed by atoms with Crippen LogP contribution in [0.25, 0.3) is 0 Å². The van der Waals surface area contributed by atoms with Crippen molar-refractivity contribution in [2.24, 2.45) is 0 Å². The predicted molar refractivity (Wildman–Crippen MR) is 97.4 cm³/mol. The first-order chi connectivity index (χ1) is 13.1. The number of nitro benzene ring substituents is 1. The molecule has 0 aliphatic carbocycles. The van der Waals surface area contributed by atoms with Gasteiger partial charge in [-0.15, -0.1) is 0 Å². The molecule has 1 aliphatic rings. The van der Waals surface area contributed by atoms with Crippen LogP contribution in [-0.2, 0) is 20.9 Å². The Morgan fingerprint density at radius 3 is 2.63 bits per heavy atom. The van der Waals surface area contributed by atoms with Crippen LogP contribution in [0.5, 0.6) is 5.75 Å². The number of benzene rings is 2. The SMILES string of the molecule is O=C(CCC1OCCO1)Nc1cc([N+](=O)[O-])ccc1OCc1ccccc1. The fraction of sp³-hybridized carbons (Fsp3) is 0.316. The summed E-state index contributed by atoms with van der Waals surface area (Å²) < 4.78 is 16.3. The number of nitro groups is 1. The summed E-state index contributed by atoms with van der Waals surface area (Å²) in [5.41, 5.74) is 1.09. The van der Waals surface area contributed by atoms with Gasteiger partial charge in [0.05, 0.1) is 23.8 Å². The van der Waals surface area contributed by atoms with Gasteiger partial charge in [-0.1, -0.05) is 30.3 Å². The van der Waals surface area contributed by atoms with Gasteiger partial charge in [-0.05, 0) is 11.6 Å². The molecule has 0 spiro atoms. The minimum atomic E-state index is -0.517. The van der Waals surface area contributed by atoms with E-state index in [9.17, 15) is 14.9 Å². The zero-order valence-corrected chi connectivity index (χ0v) is 14.6. The van der Waals surface area contributed by atoms with Crippen molar-refractivity contribution in [1.82, 2.24) is 0 Å². The molecule has 27 heavy (non-hydrogen) atoms. The van der Waals surface area contributed by atoms with Gasteiger partial charge in [-0.25, -0.2) is 0 Å². The highest BCUT2D eigenvalue weighted by atomic mass is 16.7. The van der Waals surface area contributed by atoms with Crippen LogP contribution in [0, 0.1) is 10.1 Å². The maximum atomic E-state index is 12.2. The summed E-state index contributed by atoms with van der Waals surface area (Å²) in [6, 6.07) is 13.6. The second kappa shape index (κ2) is 9.11. The van der Waals surface area contributed by atoms with Gasteiger partial charge in [0.1, 0.15) is 12.4 Å². The molecule has 3 rings (SSSR count). The molecular formula is C19H20N2O6. The Bertz CT molecular complexity index is 790. The van der Waals surface area contributed by atoms with E-state index in [1.54, 1.807) is 0 Å². The monoisotopic (exact) mass is 372 g/mol. The van der Waals surface area contributed by atoms with Crippen molar-refractivity contribution in [3.63, 3.8) is 0 Å². The third kappa shape index (κ3) is 5.50. The number of nitrogens with zero attached hydrogens (tertiary/aromatic N) is 1. The number of nitrogens with one attached hydrogen (secondary N) is 1. The molecule has 1 fully saturated rings. The van der Waals surface area contributed by atoms with E-state index < -0.39 is 4.92 Å². The van der Waals surface area contributed by atoms with Gasteiger partial charge in [0.2, 0.25) is 5.91 Å². The van der Waals surface area contributed by atoms with Crippen molar-refractivity contribution in [1.29, 1.82) is 0 Å². The second-order valence-corrected chi connectivity index (χ2v) is 5.97. The summed E-state index contributed by atoms with van der Waals surface area (Å²) in [6.45, 7) is 1.33. The van der Waals surface area contributed by atoms with E-state index in [2.05, 4.69) is 5.32 Å². The average molecular weight is 372 g/mol. The van der Waals surface area contributed by atoms with Crippen molar-refractivity contribution in [3.05, 3.63) is 64.2 Å². The van der Waals surface area contributed by atoms with Gasteiger partial charge in [0.15, 0.2) is 6.29 Å². The average Bonchev–Trinajstić information content (AvgIpc) is 3.20. The number of hydrogen-bond donors (Lipinski definition) is 1. The Balaban J connectivity index is 1.67. The minimum absolute atomic E-state index is 0.125. The third-order valence-corrected chi connectivity index (χ3v) is 3.98. The highest BCUT2D eigenvalue weighted by Gasteiger charge is 2.19. The summed E-state index contributed by atoms with van der Waals surface area (Å²) in [5, 5.41) is 13.7. The molecule has 8 nitrogen and oxygen atoms in total. The van der Waals surface area contributed by atoms with Crippen molar-refractivity contribution < 1.29 is 23.9 Å². The molecule has 0 saturated carbocycles. The van der Waals surface area contributed by atoms with Crippen LogP contribution in [0.3, 0.4) is 0 Å². The van der Waals surface area contributed by atoms with Crippen LogP contribution in [0.15, 0.2) is 48.5 Å². The molecule has 0 radical (unpaired) electrons. The molecule has 2 aromatic carbocycles. The van der Waals surface area contributed by atoms with E-state index in [1.807, 2.05) is 30.3 Å². The molecule has 0 atom stereocenters. The lowest BCUT2D eigenvalue weighted by Gasteiger charge is -2.13. The maximum Gasteiger partial charge on any atom is 0.271 e. The summed E-state index contributed by atoms with van der Waals surface area (Å²) in [7, 11) is 0. The zero-order chi connectivity index (χ0) is 19.1. The summed E-state index contributed by atoms with van der Waals surface area (Å²) >= 11 is 0. The van der Waals surface area contributed by atoms with Gasteiger partial charge in [-0.2, -0.15) is 0 Å². The minimum Gasteiger partial charge on any atom is -0.487 e. The van der Waals surface area contributed by atoms with E-state index in [-0.39, 0.29) is 36.6 Å². The Morgan fingerprint density at radius 1 is 1.19 bits per heavy atom.